The van der Waals surface area contributed by atoms with Crippen molar-refractivity contribution in [3.63, 3.8) is 0 Å². The van der Waals surface area contributed by atoms with Crippen molar-refractivity contribution < 1.29 is 9.47 Å². The Kier molecular flexibility index (Phi) is 3.89. The highest BCUT2D eigenvalue weighted by Crippen LogP contribution is 2.37. The molecule has 0 aromatic heterocycles. The molecule has 0 bridgehead atoms. The first kappa shape index (κ1) is 12.2. The lowest BCUT2D eigenvalue weighted by atomic mass is 9.87. The molecular formula is C14H21NO2. The molecule has 17 heavy (non-hydrogen) atoms. The summed E-state index contributed by atoms with van der Waals surface area (Å²) in [7, 11) is 1.66. The normalized spacial score (nSPS) is 18.0. The van der Waals surface area contributed by atoms with E-state index in [1.54, 1.807) is 7.11 Å². The number of nitrogens with two attached hydrogens (primary N) is 1. The van der Waals surface area contributed by atoms with Gasteiger partial charge in [-0.1, -0.05) is 12.8 Å². The first-order chi connectivity index (χ1) is 8.28. The van der Waals surface area contributed by atoms with Gasteiger partial charge in [0, 0.05) is 12.0 Å². The van der Waals surface area contributed by atoms with Gasteiger partial charge in [0.2, 0.25) is 0 Å². The van der Waals surface area contributed by atoms with Crippen LogP contribution in [0.25, 0.3) is 0 Å². The maximum atomic E-state index is 5.88. The third-order valence-corrected chi connectivity index (χ3v) is 3.70. The molecule has 0 amide bonds. The molecule has 0 atom stereocenters. The molecule has 2 N–H and O–H groups in total. The molecule has 0 spiro atoms. The van der Waals surface area contributed by atoms with Crippen molar-refractivity contribution in [3.05, 3.63) is 24.3 Å². The van der Waals surface area contributed by atoms with Crippen LogP contribution in [-0.2, 0) is 0 Å². The first-order valence-corrected chi connectivity index (χ1v) is 6.25. The van der Waals surface area contributed by atoms with Crippen molar-refractivity contribution >= 4 is 0 Å². The average Bonchev–Trinajstić information content (AvgIpc) is 2.86. The minimum atomic E-state index is 0.208. The van der Waals surface area contributed by atoms with Crippen LogP contribution in [0.1, 0.15) is 25.7 Å². The second kappa shape index (κ2) is 5.41. The van der Waals surface area contributed by atoms with Crippen molar-refractivity contribution in [2.75, 3.05) is 20.3 Å². The van der Waals surface area contributed by atoms with E-state index >= 15 is 0 Å². The molecule has 0 aliphatic heterocycles. The predicted octanol–water partition coefficient (Wildman–Crippen LogP) is 2.59. The standard InChI is InChI=1S/C14H21NO2/c1-16-12-4-6-13(7-5-12)17-11-14(10-15)8-2-3-9-14/h4-7H,2-3,8-11,15H2,1H3. The number of benzene rings is 1. The third kappa shape index (κ3) is 2.91. The predicted molar refractivity (Wildman–Crippen MR) is 68.4 cm³/mol. The van der Waals surface area contributed by atoms with Crippen LogP contribution in [0.4, 0.5) is 0 Å². The van der Waals surface area contributed by atoms with E-state index in [9.17, 15) is 0 Å². The molecule has 0 unspecified atom stereocenters. The van der Waals surface area contributed by atoms with Gasteiger partial charge in [-0.25, -0.2) is 0 Å². The van der Waals surface area contributed by atoms with Crippen molar-refractivity contribution in [3.8, 4) is 11.5 Å². The van der Waals surface area contributed by atoms with Gasteiger partial charge in [-0.05, 0) is 37.1 Å². The molecule has 3 heteroatoms. The van der Waals surface area contributed by atoms with E-state index in [1.165, 1.54) is 25.7 Å². The van der Waals surface area contributed by atoms with Crippen LogP contribution >= 0.6 is 0 Å². The summed E-state index contributed by atoms with van der Waals surface area (Å²) in [4.78, 5) is 0. The number of ether oxygens (including phenoxy) is 2. The van der Waals surface area contributed by atoms with Crippen LogP contribution in [0.2, 0.25) is 0 Å². The molecule has 1 aliphatic rings. The summed E-state index contributed by atoms with van der Waals surface area (Å²) in [6.07, 6.45) is 4.95. The molecule has 2 rings (SSSR count). The topological polar surface area (TPSA) is 44.5 Å². The van der Waals surface area contributed by atoms with Crippen LogP contribution in [0.3, 0.4) is 0 Å². The fourth-order valence-electron chi connectivity index (χ4n) is 2.44. The molecule has 0 heterocycles. The zero-order valence-electron chi connectivity index (χ0n) is 10.4. The Labute approximate surface area is 103 Å². The summed E-state index contributed by atoms with van der Waals surface area (Å²) in [5.41, 5.74) is 6.09. The summed E-state index contributed by atoms with van der Waals surface area (Å²) in [5.74, 6) is 1.75. The highest BCUT2D eigenvalue weighted by Gasteiger charge is 2.33. The molecule has 3 nitrogen and oxygen atoms in total. The number of hydrogen-bond acceptors (Lipinski definition) is 3. The average molecular weight is 235 g/mol. The summed E-state index contributed by atoms with van der Waals surface area (Å²) >= 11 is 0. The Morgan fingerprint density at radius 1 is 1.12 bits per heavy atom. The molecule has 0 radical (unpaired) electrons. The molecular weight excluding hydrogens is 214 g/mol. The monoisotopic (exact) mass is 235 g/mol. The minimum Gasteiger partial charge on any atom is -0.497 e. The van der Waals surface area contributed by atoms with E-state index < -0.39 is 0 Å². The van der Waals surface area contributed by atoms with Crippen LogP contribution < -0.4 is 15.2 Å². The highest BCUT2D eigenvalue weighted by molar-refractivity contribution is 5.31. The Bertz CT molecular complexity index is 342. The zero-order valence-corrected chi connectivity index (χ0v) is 10.4. The SMILES string of the molecule is COc1ccc(OCC2(CN)CCCC2)cc1. The second-order valence-corrected chi connectivity index (χ2v) is 4.88. The molecule has 1 fully saturated rings. The van der Waals surface area contributed by atoms with Gasteiger partial charge in [-0.3, -0.25) is 0 Å². The lowest BCUT2D eigenvalue weighted by Crippen LogP contribution is -2.33. The van der Waals surface area contributed by atoms with Crippen molar-refractivity contribution in [2.45, 2.75) is 25.7 Å². The summed E-state index contributed by atoms with van der Waals surface area (Å²) in [6, 6.07) is 7.72. The van der Waals surface area contributed by atoms with Gasteiger partial charge >= 0.3 is 0 Å². The molecule has 1 aromatic rings. The largest absolute Gasteiger partial charge is 0.497 e. The van der Waals surface area contributed by atoms with E-state index in [2.05, 4.69) is 0 Å². The van der Waals surface area contributed by atoms with Crippen LogP contribution in [-0.4, -0.2) is 20.3 Å². The van der Waals surface area contributed by atoms with E-state index in [4.69, 9.17) is 15.2 Å². The fraction of sp³-hybridized carbons (Fsp3) is 0.571. The molecule has 1 aliphatic carbocycles. The Hall–Kier alpha value is -1.22. The van der Waals surface area contributed by atoms with E-state index in [1.807, 2.05) is 24.3 Å². The summed E-state index contributed by atoms with van der Waals surface area (Å²) < 4.78 is 11.0. The smallest absolute Gasteiger partial charge is 0.119 e. The van der Waals surface area contributed by atoms with Crippen molar-refractivity contribution in [1.29, 1.82) is 0 Å². The van der Waals surface area contributed by atoms with Gasteiger partial charge in [0.05, 0.1) is 13.7 Å². The number of hydrogen-bond donors (Lipinski definition) is 1. The third-order valence-electron chi connectivity index (χ3n) is 3.70. The van der Waals surface area contributed by atoms with Crippen molar-refractivity contribution in [2.24, 2.45) is 11.1 Å². The molecule has 1 aromatic carbocycles. The lowest BCUT2D eigenvalue weighted by molar-refractivity contribution is 0.157. The van der Waals surface area contributed by atoms with Crippen LogP contribution in [0.5, 0.6) is 11.5 Å². The van der Waals surface area contributed by atoms with E-state index in [0.717, 1.165) is 24.7 Å². The second-order valence-electron chi connectivity index (χ2n) is 4.88. The lowest BCUT2D eigenvalue weighted by Gasteiger charge is -2.27. The maximum absolute atomic E-state index is 5.88. The Balaban J connectivity index is 1.92. The number of methoxy groups -OCH3 is 1. The maximum Gasteiger partial charge on any atom is 0.119 e. The molecule has 1 saturated carbocycles. The Morgan fingerprint density at radius 2 is 1.71 bits per heavy atom. The Morgan fingerprint density at radius 3 is 2.24 bits per heavy atom. The fourth-order valence-corrected chi connectivity index (χ4v) is 2.44. The molecule has 94 valence electrons. The first-order valence-electron chi connectivity index (χ1n) is 6.25. The molecule has 0 saturated heterocycles. The quantitative estimate of drug-likeness (QED) is 0.853. The van der Waals surface area contributed by atoms with E-state index in [-0.39, 0.29) is 5.41 Å². The van der Waals surface area contributed by atoms with Gasteiger partial charge in [-0.15, -0.1) is 0 Å². The van der Waals surface area contributed by atoms with Gasteiger partial charge in [-0.2, -0.15) is 0 Å². The van der Waals surface area contributed by atoms with Gasteiger partial charge < -0.3 is 15.2 Å². The van der Waals surface area contributed by atoms with Gasteiger partial charge in [0.1, 0.15) is 11.5 Å². The highest BCUT2D eigenvalue weighted by atomic mass is 16.5. The zero-order chi connectivity index (χ0) is 12.1. The van der Waals surface area contributed by atoms with Gasteiger partial charge in [0.25, 0.3) is 0 Å². The van der Waals surface area contributed by atoms with E-state index in [0.29, 0.717) is 0 Å². The van der Waals surface area contributed by atoms with Crippen molar-refractivity contribution in [1.82, 2.24) is 0 Å². The minimum absolute atomic E-state index is 0.208. The summed E-state index contributed by atoms with van der Waals surface area (Å²) in [6.45, 7) is 1.46. The van der Waals surface area contributed by atoms with Crippen LogP contribution in [0, 0.1) is 5.41 Å². The summed E-state index contributed by atoms with van der Waals surface area (Å²) in [5, 5.41) is 0. The van der Waals surface area contributed by atoms with Gasteiger partial charge in [0.15, 0.2) is 0 Å². The van der Waals surface area contributed by atoms with Crippen LogP contribution in [0.15, 0.2) is 24.3 Å². The number of rotatable bonds is 5.